The van der Waals surface area contributed by atoms with Crippen LogP contribution in [0.3, 0.4) is 0 Å². The summed E-state index contributed by atoms with van der Waals surface area (Å²) in [7, 11) is 0. The van der Waals surface area contributed by atoms with Crippen LogP contribution in [0.15, 0.2) is 0 Å². The van der Waals surface area contributed by atoms with E-state index in [4.69, 9.17) is 23.7 Å². The Hall–Kier alpha value is -0.240. The number of aliphatic hydroxyl groups excluding tert-OH is 1. The molecular formula is C22H44O6. The lowest BCUT2D eigenvalue weighted by Crippen LogP contribution is -2.61. The third kappa shape index (κ3) is 9.51. The first-order valence-corrected chi connectivity index (χ1v) is 11.5. The minimum atomic E-state index is -1.03. The summed E-state index contributed by atoms with van der Waals surface area (Å²) in [5.74, 6) is 0. The van der Waals surface area contributed by atoms with E-state index in [0.717, 1.165) is 51.4 Å². The second kappa shape index (κ2) is 16.5. The van der Waals surface area contributed by atoms with Gasteiger partial charge in [-0.05, 0) is 25.7 Å². The summed E-state index contributed by atoms with van der Waals surface area (Å²) in [6, 6.07) is 0. The zero-order valence-electron chi connectivity index (χ0n) is 18.6. The van der Waals surface area contributed by atoms with Crippen LogP contribution in [0.5, 0.6) is 0 Å². The Morgan fingerprint density at radius 3 is 1.64 bits per heavy atom. The molecule has 1 rings (SSSR count). The molecule has 1 fully saturated rings. The topological polar surface area (TPSA) is 66.4 Å². The Bertz CT molecular complexity index is 354. The molecule has 6 nitrogen and oxygen atoms in total. The maximum Gasteiger partial charge on any atom is 0.184 e. The van der Waals surface area contributed by atoms with Gasteiger partial charge >= 0.3 is 0 Å². The molecule has 0 radical (unpaired) electrons. The normalized spacial score (nSPS) is 28.0. The molecule has 4 unspecified atom stereocenters. The molecule has 28 heavy (non-hydrogen) atoms. The molecule has 0 aromatic heterocycles. The highest BCUT2D eigenvalue weighted by atomic mass is 16.7. The van der Waals surface area contributed by atoms with E-state index in [1.54, 1.807) is 0 Å². The molecule has 5 atom stereocenters. The average Bonchev–Trinajstić information content (AvgIpc) is 2.69. The van der Waals surface area contributed by atoms with Gasteiger partial charge in [0.05, 0.1) is 6.61 Å². The first-order chi connectivity index (χ1) is 13.7. The number of unbranched alkanes of at least 4 members (excludes halogenated alkanes) is 4. The van der Waals surface area contributed by atoms with Crippen molar-refractivity contribution in [3.63, 3.8) is 0 Å². The molecule has 0 amide bonds. The van der Waals surface area contributed by atoms with E-state index in [-0.39, 0.29) is 18.3 Å². The van der Waals surface area contributed by atoms with Crippen LogP contribution in [-0.4, -0.2) is 68.8 Å². The van der Waals surface area contributed by atoms with Crippen LogP contribution in [0.1, 0.15) is 79.1 Å². The summed E-state index contributed by atoms with van der Waals surface area (Å²) in [5, 5.41) is 10.6. The number of aliphatic hydroxyl groups is 1. The van der Waals surface area contributed by atoms with Gasteiger partial charge in [-0.25, -0.2) is 0 Å². The molecule has 1 heterocycles. The average molecular weight is 405 g/mol. The molecule has 0 aromatic carbocycles. The molecule has 0 spiro atoms. The van der Waals surface area contributed by atoms with E-state index < -0.39 is 12.4 Å². The van der Waals surface area contributed by atoms with Gasteiger partial charge in [-0.3, -0.25) is 0 Å². The van der Waals surface area contributed by atoms with E-state index >= 15 is 0 Å². The van der Waals surface area contributed by atoms with Crippen LogP contribution in [-0.2, 0) is 23.7 Å². The highest BCUT2D eigenvalue weighted by Crippen LogP contribution is 2.28. The molecule has 168 valence electrons. The van der Waals surface area contributed by atoms with Crippen LogP contribution in [0.4, 0.5) is 0 Å². The Kier molecular flexibility index (Phi) is 15.2. The summed E-state index contributed by atoms with van der Waals surface area (Å²) < 4.78 is 30.1. The molecule has 0 bridgehead atoms. The summed E-state index contributed by atoms with van der Waals surface area (Å²) in [5.41, 5.74) is 0. The summed E-state index contributed by atoms with van der Waals surface area (Å²) in [4.78, 5) is 0. The minimum Gasteiger partial charge on any atom is -0.379 e. The van der Waals surface area contributed by atoms with Crippen LogP contribution in [0, 0.1) is 0 Å². The van der Waals surface area contributed by atoms with Gasteiger partial charge in [0.25, 0.3) is 0 Å². The Morgan fingerprint density at radius 1 is 0.643 bits per heavy atom. The van der Waals surface area contributed by atoms with Crippen molar-refractivity contribution in [1.29, 1.82) is 0 Å². The molecule has 0 saturated carbocycles. The molecule has 1 aliphatic rings. The fourth-order valence-corrected chi connectivity index (χ4v) is 3.13. The van der Waals surface area contributed by atoms with E-state index in [1.165, 1.54) is 0 Å². The Morgan fingerprint density at radius 2 is 1.11 bits per heavy atom. The number of ether oxygens (including phenoxy) is 5. The van der Waals surface area contributed by atoms with Crippen molar-refractivity contribution in [1.82, 2.24) is 0 Å². The highest BCUT2D eigenvalue weighted by molar-refractivity contribution is 4.92. The van der Waals surface area contributed by atoms with Crippen molar-refractivity contribution in [2.45, 2.75) is 110 Å². The van der Waals surface area contributed by atoms with E-state index in [2.05, 4.69) is 27.7 Å². The van der Waals surface area contributed by atoms with Crippen molar-refractivity contribution in [2.75, 3.05) is 33.0 Å². The smallest absolute Gasteiger partial charge is 0.184 e. The van der Waals surface area contributed by atoms with Gasteiger partial charge in [-0.1, -0.05) is 53.4 Å². The molecule has 0 aromatic rings. The SMILES string of the molecule is CCCCOCC1OC(O)[C@@H](OCCCC)C(OCCCC)C1OCCCC. The van der Waals surface area contributed by atoms with Crippen LogP contribution in [0.25, 0.3) is 0 Å². The van der Waals surface area contributed by atoms with Crippen molar-refractivity contribution < 1.29 is 28.8 Å². The second-order valence-electron chi connectivity index (χ2n) is 7.56. The molecule has 6 heteroatoms. The largest absolute Gasteiger partial charge is 0.379 e. The second-order valence-corrected chi connectivity index (χ2v) is 7.56. The fourth-order valence-electron chi connectivity index (χ4n) is 3.13. The molecule has 1 aliphatic heterocycles. The zero-order valence-corrected chi connectivity index (χ0v) is 18.6. The van der Waals surface area contributed by atoms with Gasteiger partial charge in [-0.15, -0.1) is 0 Å². The van der Waals surface area contributed by atoms with Crippen LogP contribution < -0.4 is 0 Å². The lowest BCUT2D eigenvalue weighted by molar-refractivity contribution is -0.312. The molecular weight excluding hydrogens is 360 g/mol. The number of hydrogen-bond acceptors (Lipinski definition) is 6. The highest BCUT2D eigenvalue weighted by Gasteiger charge is 2.47. The van der Waals surface area contributed by atoms with Gasteiger partial charge < -0.3 is 28.8 Å². The number of hydrogen-bond donors (Lipinski definition) is 1. The lowest BCUT2D eigenvalue weighted by Gasteiger charge is -2.44. The first-order valence-electron chi connectivity index (χ1n) is 11.5. The van der Waals surface area contributed by atoms with Gasteiger partial charge in [0.1, 0.15) is 24.4 Å². The van der Waals surface area contributed by atoms with Gasteiger partial charge in [0, 0.05) is 26.4 Å². The van der Waals surface area contributed by atoms with E-state index in [9.17, 15) is 5.11 Å². The summed E-state index contributed by atoms with van der Waals surface area (Å²) >= 11 is 0. The van der Waals surface area contributed by atoms with Crippen LogP contribution in [0.2, 0.25) is 0 Å². The van der Waals surface area contributed by atoms with Gasteiger partial charge in [0.15, 0.2) is 6.29 Å². The standard InChI is InChI=1S/C22H44O6/c1-5-9-13-24-17-18-19(25-14-10-6-2)20(26-15-11-7-3)21(22(23)28-18)27-16-12-8-4/h18-23H,5-17H2,1-4H3/t18?,19?,20?,21-,22?/m0/s1. The van der Waals surface area contributed by atoms with Crippen LogP contribution >= 0.6 is 0 Å². The van der Waals surface area contributed by atoms with Crippen molar-refractivity contribution in [3.05, 3.63) is 0 Å². The van der Waals surface area contributed by atoms with Crippen molar-refractivity contribution in [2.24, 2.45) is 0 Å². The molecule has 0 aliphatic carbocycles. The summed E-state index contributed by atoms with van der Waals surface area (Å²) in [6.45, 7) is 11.5. The quantitative estimate of drug-likeness (QED) is 0.369. The van der Waals surface area contributed by atoms with Gasteiger partial charge in [-0.2, -0.15) is 0 Å². The summed E-state index contributed by atoms with van der Waals surface area (Å²) in [6.07, 6.45) is 5.53. The maximum atomic E-state index is 10.6. The first kappa shape index (κ1) is 25.8. The van der Waals surface area contributed by atoms with Gasteiger partial charge in [0.2, 0.25) is 0 Å². The molecule has 1 N–H and O–H groups in total. The molecule has 1 saturated heterocycles. The third-order valence-electron chi connectivity index (χ3n) is 4.96. The van der Waals surface area contributed by atoms with E-state index in [0.29, 0.717) is 33.0 Å². The van der Waals surface area contributed by atoms with Crippen molar-refractivity contribution in [3.8, 4) is 0 Å². The monoisotopic (exact) mass is 404 g/mol. The Labute approximate surface area is 172 Å². The third-order valence-corrected chi connectivity index (χ3v) is 4.96. The lowest BCUT2D eigenvalue weighted by atomic mass is 9.98. The minimum absolute atomic E-state index is 0.306. The predicted octanol–water partition coefficient (Wildman–Crippen LogP) is 4.08. The maximum absolute atomic E-state index is 10.6. The number of rotatable bonds is 17. The van der Waals surface area contributed by atoms with Crippen molar-refractivity contribution >= 4 is 0 Å². The van der Waals surface area contributed by atoms with E-state index in [1.807, 2.05) is 0 Å². The Balaban J connectivity index is 2.84. The zero-order chi connectivity index (χ0) is 20.6. The predicted molar refractivity (Wildman–Crippen MR) is 111 cm³/mol. The fraction of sp³-hybridized carbons (Fsp3) is 1.00.